The number of hydrogen-bond donors (Lipinski definition) is 1. The van der Waals surface area contributed by atoms with Crippen LogP contribution in [-0.2, 0) is 6.18 Å². The first-order valence-corrected chi connectivity index (χ1v) is 7.26. The van der Waals surface area contributed by atoms with Crippen LogP contribution in [0.25, 0.3) is 0 Å². The van der Waals surface area contributed by atoms with E-state index in [1.54, 1.807) is 0 Å². The third-order valence-corrected chi connectivity index (χ3v) is 3.81. The zero-order chi connectivity index (χ0) is 15.5. The predicted octanol–water partition coefficient (Wildman–Crippen LogP) is 5.04. The number of pyridine rings is 1. The predicted molar refractivity (Wildman–Crippen MR) is 79.0 cm³/mol. The van der Waals surface area contributed by atoms with Crippen molar-refractivity contribution in [2.75, 3.05) is 5.43 Å². The first kappa shape index (κ1) is 15.8. The summed E-state index contributed by atoms with van der Waals surface area (Å²) in [6, 6.07) is 4.63. The van der Waals surface area contributed by atoms with Crippen molar-refractivity contribution in [3.8, 4) is 0 Å². The van der Waals surface area contributed by atoms with Crippen LogP contribution in [0.3, 0.4) is 0 Å². The number of aromatic nitrogens is 1. The van der Waals surface area contributed by atoms with Crippen LogP contribution >= 0.6 is 22.9 Å². The maximum absolute atomic E-state index is 12.5. The van der Waals surface area contributed by atoms with Gasteiger partial charge in [0.15, 0.2) is 5.82 Å². The molecule has 1 N–H and O–H groups in total. The van der Waals surface area contributed by atoms with Gasteiger partial charge in [0.2, 0.25) is 0 Å². The number of thiophene rings is 1. The van der Waals surface area contributed by atoms with Crippen molar-refractivity contribution in [2.24, 2.45) is 5.10 Å². The molecule has 3 nitrogen and oxygen atoms in total. The minimum absolute atomic E-state index is 0.0900. The van der Waals surface area contributed by atoms with Gasteiger partial charge in [0.05, 0.1) is 21.2 Å². The summed E-state index contributed by atoms with van der Waals surface area (Å²) >= 11 is 7.32. The number of halogens is 4. The fraction of sp³-hybridized carbons (Fsp3) is 0.231. The summed E-state index contributed by atoms with van der Waals surface area (Å²) in [5, 5.41) is 5.95. The highest BCUT2D eigenvalue weighted by Crippen LogP contribution is 2.32. The van der Waals surface area contributed by atoms with Gasteiger partial charge in [-0.05, 0) is 23.9 Å². The third kappa shape index (κ3) is 3.95. The molecular weight excluding hydrogens is 323 g/mol. The highest BCUT2D eigenvalue weighted by molar-refractivity contribution is 7.12. The summed E-state index contributed by atoms with van der Waals surface area (Å²) < 4.78 is 37.5. The van der Waals surface area contributed by atoms with E-state index in [-0.39, 0.29) is 10.8 Å². The maximum Gasteiger partial charge on any atom is 0.417 e. The standard InChI is InChI=1S/C13H11ClF3N3S/c1-2-10(11-4-3-5-21-11)19-20-12-9(14)6-8(7-18-12)13(15,16)17/h3-7H,2H2,1H3,(H,18,20). The Hall–Kier alpha value is -1.60. The molecule has 0 aliphatic heterocycles. The molecule has 0 aromatic carbocycles. The Balaban J connectivity index is 2.20. The normalized spacial score (nSPS) is 12.5. The average Bonchev–Trinajstić information content (AvgIpc) is 2.94. The Morgan fingerprint density at radius 1 is 1.48 bits per heavy atom. The summed E-state index contributed by atoms with van der Waals surface area (Å²) in [4.78, 5) is 4.65. The quantitative estimate of drug-likeness (QED) is 0.628. The fourth-order valence-corrected chi connectivity index (χ4v) is 2.54. The zero-order valence-electron chi connectivity index (χ0n) is 10.9. The second-order valence-corrected chi connectivity index (χ2v) is 5.41. The summed E-state index contributed by atoms with van der Waals surface area (Å²) in [5.41, 5.74) is 2.50. The van der Waals surface area contributed by atoms with Crippen LogP contribution in [0.5, 0.6) is 0 Å². The Kier molecular flexibility index (Phi) is 4.84. The number of hydrazone groups is 1. The third-order valence-electron chi connectivity index (χ3n) is 2.61. The van der Waals surface area contributed by atoms with E-state index >= 15 is 0 Å². The van der Waals surface area contributed by atoms with E-state index in [0.29, 0.717) is 6.42 Å². The number of rotatable bonds is 4. The first-order chi connectivity index (χ1) is 9.91. The monoisotopic (exact) mass is 333 g/mol. The van der Waals surface area contributed by atoms with Crippen LogP contribution < -0.4 is 5.43 Å². The molecule has 0 aliphatic carbocycles. The molecule has 0 aliphatic rings. The molecule has 0 unspecified atom stereocenters. The second kappa shape index (κ2) is 6.44. The van der Waals surface area contributed by atoms with E-state index in [1.165, 1.54) is 11.3 Å². The van der Waals surface area contributed by atoms with Crippen LogP contribution in [0.4, 0.5) is 19.0 Å². The molecule has 0 bridgehead atoms. The van der Waals surface area contributed by atoms with Crippen molar-refractivity contribution in [3.05, 3.63) is 45.2 Å². The summed E-state index contributed by atoms with van der Waals surface area (Å²) in [5.74, 6) is 0.0900. The van der Waals surface area contributed by atoms with Crippen molar-refractivity contribution >= 4 is 34.5 Å². The maximum atomic E-state index is 12.5. The van der Waals surface area contributed by atoms with Gasteiger partial charge >= 0.3 is 6.18 Å². The van der Waals surface area contributed by atoms with Crippen LogP contribution in [-0.4, -0.2) is 10.7 Å². The van der Waals surface area contributed by atoms with Crippen molar-refractivity contribution < 1.29 is 13.2 Å². The van der Waals surface area contributed by atoms with Gasteiger partial charge in [-0.1, -0.05) is 24.6 Å². The highest BCUT2D eigenvalue weighted by atomic mass is 35.5. The molecule has 0 spiro atoms. The Labute approximate surface area is 128 Å². The van der Waals surface area contributed by atoms with E-state index in [1.807, 2.05) is 24.4 Å². The van der Waals surface area contributed by atoms with Gasteiger partial charge < -0.3 is 0 Å². The molecule has 2 aromatic rings. The van der Waals surface area contributed by atoms with Crippen molar-refractivity contribution in [1.29, 1.82) is 0 Å². The zero-order valence-corrected chi connectivity index (χ0v) is 12.5. The number of nitrogens with one attached hydrogen (secondary N) is 1. The fourth-order valence-electron chi connectivity index (χ4n) is 1.55. The molecule has 2 rings (SSSR count). The minimum atomic E-state index is -4.47. The van der Waals surface area contributed by atoms with Crippen LogP contribution in [0.15, 0.2) is 34.9 Å². The van der Waals surface area contributed by atoms with Crippen molar-refractivity contribution in [2.45, 2.75) is 19.5 Å². The average molecular weight is 334 g/mol. The van der Waals surface area contributed by atoms with E-state index in [9.17, 15) is 13.2 Å². The molecule has 0 radical (unpaired) electrons. The lowest BCUT2D eigenvalue weighted by molar-refractivity contribution is -0.137. The van der Waals surface area contributed by atoms with Gasteiger partial charge in [0.25, 0.3) is 0 Å². The van der Waals surface area contributed by atoms with Crippen molar-refractivity contribution in [1.82, 2.24) is 4.98 Å². The molecule has 2 heterocycles. The lowest BCUT2D eigenvalue weighted by Gasteiger charge is -2.09. The van der Waals surface area contributed by atoms with Gasteiger partial charge in [-0.2, -0.15) is 18.3 Å². The number of alkyl halides is 3. The molecule has 2 aromatic heterocycles. The van der Waals surface area contributed by atoms with Crippen LogP contribution in [0, 0.1) is 0 Å². The van der Waals surface area contributed by atoms with E-state index in [0.717, 1.165) is 22.9 Å². The van der Waals surface area contributed by atoms with Crippen LogP contribution in [0.1, 0.15) is 23.8 Å². The topological polar surface area (TPSA) is 37.3 Å². The summed E-state index contributed by atoms with van der Waals surface area (Å²) in [7, 11) is 0. The van der Waals surface area contributed by atoms with Gasteiger partial charge in [-0.25, -0.2) is 4.98 Å². The van der Waals surface area contributed by atoms with Gasteiger partial charge in [-0.3, -0.25) is 5.43 Å². The summed E-state index contributed by atoms with van der Waals surface area (Å²) in [6.45, 7) is 1.93. The van der Waals surface area contributed by atoms with Gasteiger partial charge in [0, 0.05) is 6.20 Å². The van der Waals surface area contributed by atoms with Gasteiger partial charge in [0.1, 0.15) is 0 Å². The molecule has 21 heavy (non-hydrogen) atoms. The highest BCUT2D eigenvalue weighted by Gasteiger charge is 2.31. The molecule has 0 saturated heterocycles. The van der Waals surface area contributed by atoms with E-state index in [2.05, 4.69) is 15.5 Å². The number of hydrogen-bond acceptors (Lipinski definition) is 4. The molecule has 112 valence electrons. The van der Waals surface area contributed by atoms with Crippen molar-refractivity contribution in [3.63, 3.8) is 0 Å². The first-order valence-electron chi connectivity index (χ1n) is 6.01. The second-order valence-electron chi connectivity index (χ2n) is 4.05. The Morgan fingerprint density at radius 3 is 2.76 bits per heavy atom. The number of anilines is 1. The molecular formula is C13H11ClF3N3S. The van der Waals surface area contributed by atoms with Crippen LogP contribution in [0.2, 0.25) is 5.02 Å². The Morgan fingerprint density at radius 2 is 2.24 bits per heavy atom. The molecule has 0 atom stereocenters. The lowest BCUT2D eigenvalue weighted by Crippen LogP contribution is -2.07. The molecule has 0 amide bonds. The van der Waals surface area contributed by atoms with Gasteiger partial charge in [-0.15, -0.1) is 11.3 Å². The van der Waals surface area contributed by atoms with E-state index in [4.69, 9.17) is 11.6 Å². The molecule has 0 fully saturated rings. The summed E-state index contributed by atoms with van der Waals surface area (Å²) in [6.07, 6.45) is -3.07. The Bertz CT molecular complexity index is 639. The minimum Gasteiger partial charge on any atom is -0.260 e. The SMILES string of the molecule is CCC(=NNc1ncc(C(F)(F)F)cc1Cl)c1cccs1. The molecule has 8 heteroatoms. The van der Waals surface area contributed by atoms with E-state index < -0.39 is 11.7 Å². The largest absolute Gasteiger partial charge is 0.417 e. The lowest BCUT2D eigenvalue weighted by atomic mass is 10.2. The smallest absolute Gasteiger partial charge is 0.260 e. The number of nitrogens with zero attached hydrogens (tertiary/aromatic N) is 2. The molecule has 0 saturated carbocycles.